The molecule has 7 heteroatoms. The Bertz CT molecular complexity index is 1080. The van der Waals surface area contributed by atoms with Crippen LogP contribution in [0.3, 0.4) is 0 Å². The van der Waals surface area contributed by atoms with Crippen LogP contribution < -0.4 is 20.7 Å². The minimum atomic E-state index is -0.0841. The number of aromatic nitrogens is 2. The lowest BCUT2D eigenvalue weighted by Crippen LogP contribution is -2.42. The van der Waals surface area contributed by atoms with E-state index in [1.807, 2.05) is 18.3 Å². The molecule has 3 aromatic rings. The predicted octanol–water partition coefficient (Wildman–Crippen LogP) is 3.99. The van der Waals surface area contributed by atoms with E-state index in [1.54, 1.807) is 25.3 Å². The Kier molecular flexibility index (Phi) is 6.32. The standard InChI is InChI=1S/C24H29N5O2/c1-15(2)19-6-4-5-17-14-26-24(29-22(17)19)28-20-13-16(7-8-21(20)31-3)23(30)27-18-9-11-25-12-10-18/h4-8,13-15,18,25H,9-12H2,1-3H3,(H,27,30)(H,26,28,29). The monoisotopic (exact) mass is 419 g/mol. The molecule has 31 heavy (non-hydrogen) atoms. The summed E-state index contributed by atoms with van der Waals surface area (Å²) >= 11 is 0. The van der Waals surface area contributed by atoms with Crippen LogP contribution in [0.1, 0.15) is 48.5 Å². The summed E-state index contributed by atoms with van der Waals surface area (Å²) in [6.45, 7) is 6.16. The molecule has 0 radical (unpaired) electrons. The first-order valence-corrected chi connectivity index (χ1v) is 10.8. The summed E-state index contributed by atoms with van der Waals surface area (Å²) in [6.07, 6.45) is 3.70. The van der Waals surface area contributed by atoms with Crippen molar-refractivity contribution in [2.75, 3.05) is 25.5 Å². The average Bonchev–Trinajstić information content (AvgIpc) is 2.79. The Balaban J connectivity index is 1.60. The zero-order valence-electron chi connectivity index (χ0n) is 18.2. The molecule has 0 atom stereocenters. The van der Waals surface area contributed by atoms with Gasteiger partial charge in [0.2, 0.25) is 5.95 Å². The van der Waals surface area contributed by atoms with E-state index in [1.165, 1.54) is 5.56 Å². The second kappa shape index (κ2) is 9.31. The zero-order valence-corrected chi connectivity index (χ0v) is 18.2. The number of benzene rings is 2. The van der Waals surface area contributed by atoms with Gasteiger partial charge in [0.05, 0.1) is 18.3 Å². The van der Waals surface area contributed by atoms with Crippen LogP contribution in [0.25, 0.3) is 10.9 Å². The van der Waals surface area contributed by atoms with Crippen molar-refractivity contribution in [3.8, 4) is 5.75 Å². The van der Waals surface area contributed by atoms with E-state index in [-0.39, 0.29) is 11.9 Å². The molecule has 1 aliphatic heterocycles. The molecule has 7 nitrogen and oxygen atoms in total. The number of methoxy groups -OCH3 is 1. The Morgan fingerprint density at radius 3 is 2.74 bits per heavy atom. The molecule has 2 heterocycles. The van der Waals surface area contributed by atoms with Crippen molar-refractivity contribution < 1.29 is 9.53 Å². The number of anilines is 2. The number of fused-ring (bicyclic) bond motifs is 1. The zero-order chi connectivity index (χ0) is 21.8. The number of hydrogen-bond donors (Lipinski definition) is 3. The summed E-state index contributed by atoms with van der Waals surface area (Å²) in [4.78, 5) is 22.0. The van der Waals surface area contributed by atoms with Gasteiger partial charge in [0, 0.05) is 23.2 Å². The van der Waals surface area contributed by atoms with E-state index in [0.717, 1.165) is 36.8 Å². The van der Waals surface area contributed by atoms with Gasteiger partial charge in [0.15, 0.2) is 0 Å². The second-order valence-corrected chi connectivity index (χ2v) is 8.17. The number of rotatable bonds is 6. The summed E-state index contributed by atoms with van der Waals surface area (Å²) in [5.41, 5.74) is 3.33. The topological polar surface area (TPSA) is 88.2 Å². The van der Waals surface area contributed by atoms with Gasteiger partial charge in [-0.2, -0.15) is 0 Å². The lowest BCUT2D eigenvalue weighted by atomic mass is 10.0. The average molecular weight is 420 g/mol. The Labute approximate surface area is 182 Å². The first-order chi connectivity index (χ1) is 15.0. The predicted molar refractivity (Wildman–Crippen MR) is 123 cm³/mol. The van der Waals surface area contributed by atoms with Crippen LogP contribution in [-0.2, 0) is 0 Å². The summed E-state index contributed by atoms with van der Waals surface area (Å²) in [6, 6.07) is 11.7. The van der Waals surface area contributed by atoms with Gasteiger partial charge in [0.25, 0.3) is 5.91 Å². The van der Waals surface area contributed by atoms with Crippen molar-refractivity contribution in [1.82, 2.24) is 20.6 Å². The summed E-state index contributed by atoms with van der Waals surface area (Å²) in [7, 11) is 1.60. The number of piperidine rings is 1. The van der Waals surface area contributed by atoms with Gasteiger partial charge in [-0.25, -0.2) is 9.97 Å². The Morgan fingerprint density at radius 2 is 2.00 bits per heavy atom. The van der Waals surface area contributed by atoms with Gasteiger partial charge in [-0.15, -0.1) is 0 Å². The van der Waals surface area contributed by atoms with Crippen molar-refractivity contribution in [3.63, 3.8) is 0 Å². The smallest absolute Gasteiger partial charge is 0.251 e. The summed E-state index contributed by atoms with van der Waals surface area (Å²) in [5, 5.41) is 10.7. The van der Waals surface area contributed by atoms with Gasteiger partial charge in [-0.05, 0) is 55.6 Å². The molecule has 4 rings (SSSR count). The molecular formula is C24H29N5O2. The molecule has 0 unspecified atom stereocenters. The van der Waals surface area contributed by atoms with Gasteiger partial charge < -0.3 is 20.7 Å². The van der Waals surface area contributed by atoms with Gasteiger partial charge in [0.1, 0.15) is 5.75 Å². The summed E-state index contributed by atoms with van der Waals surface area (Å²) in [5.74, 6) is 1.36. The normalized spacial score (nSPS) is 14.6. The van der Waals surface area contributed by atoms with Crippen molar-refractivity contribution in [2.24, 2.45) is 0 Å². The lowest BCUT2D eigenvalue weighted by molar-refractivity contribution is 0.0929. The van der Waals surface area contributed by atoms with E-state index >= 15 is 0 Å². The van der Waals surface area contributed by atoms with E-state index in [0.29, 0.717) is 28.9 Å². The number of nitrogens with one attached hydrogen (secondary N) is 3. The molecule has 1 aromatic heterocycles. The number of carbonyl (C=O) groups is 1. The minimum absolute atomic E-state index is 0.0841. The fourth-order valence-electron chi connectivity index (χ4n) is 3.91. The molecule has 1 amide bonds. The fourth-order valence-corrected chi connectivity index (χ4v) is 3.91. The lowest BCUT2D eigenvalue weighted by Gasteiger charge is -2.23. The maximum atomic E-state index is 12.8. The molecule has 162 valence electrons. The molecule has 0 saturated carbocycles. The molecular weight excluding hydrogens is 390 g/mol. The number of para-hydroxylation sites is 1. The van der Waals surface area contributed by atoms with Crippen molar-refractivity contribution in [2.45, 2.75) is 38.6 Å². The van der Waals surface area contributed by atoms with E-state index in [2.05, 4.69) is 40.8 Å². The van der Waals surface area contributed by atoms with E-state index < -0.39 is 0 Å². The molecule has 1 fully saturated rings. The van der Waals surface area contributed by atoms with Crippen LogP contribution in [0.15, 0.2) is 42.6 Å². The van der Waals surface area contributed by atoms with Crippen LogP contribution in [0.5, 0.6) is 5.75 Å². The fraction of sp³-hybridized carbons (Fsp3) is 0.375. The molecule has 0 spiro atoms. The van der Waals surface area contributed by atoms with Crippen LogP contribution in [0.2, 0.25) is 0 Å². The molecule has 3 N–H and O–H groups in total. The highest BCUT2D eigenvalue weighted by atomic mass is 16.5. The maximum absolute atomic E-state index is 12.8. The number of carbonyl (C=O) groups excluding carboxylic acids is 1. The van der Waals surface area contributed by atoms with Gasteiger partial charge in [-0.1, -0.05) is 32.0 Å². The molecule has 2 aromatic carbocycles. The molecule has 1 aliphatic rings. The molecule has 0 aliphatic carbocycles. The van der Waals surface area contributed by atoms with Gasteiger partial charge in [-0.3, -0.25) is 4.79 Å². The number of hydrogen-bond acceptors (Lipinski definition) is 6. The van der Waals surface area contributed by atoms with Crippen LogP contribution in [-0.4, -0.2) is 42.1 Å². The summed E-state index contributed by atoms with van der Waals surface area (Å²) < 4.78 is 5.49. The third kappa shape index (κ3) is 4.77. The van der Waals surface area contributed by atoms with Crippen LogP contribution in [0, 0.1) is 0 Å². The third-order valence-electron chi connectivity index (χ3n) is 5.65. The Hall–Kier alpha value is -3.19. The third-order valence-corrected chi connectivity index (χ3v) is 5.65. The van der Waals surface area contributed by atoms with E-state index in [9.17, 15) is 4.79 Å². The maximum Gasteiger partial charge on any atom is 0.251 e. The van der Waals surface area contributed by atoms with Crippen molar-refractivity contribution in [1.29, 1.82) is 0 Å². The first kappa shape index (κ1) is 21.1. The minimum Gasteiger partial charge on any atom is -0.495 e. The number of nitrogens with zero attached hydrogens (tertiary/aromatic N) is 2. The Morgan fingerprint density at radius 1 is 1.19 bits per heavy atom. The SMILES string of the molecule is COc1ccc(C(=O)NC2CCNCC2)cc1Nc1ncc2cccc(C(C)C)c2n1. The largest absolute Gasteiger partial charge is 0.495 e. The first-order valence-electron chi connectivity index (χ1n) is 10.8. The highest BCUT2D eigenvalue weighted by Crippen LogP contribution is 2.29. The van der Waals surface area contributed by atoms with E-state index in [4.69, 9.17) is 9.72 Å². The highest BCUT2D eigenvalue weighted by molar-refractivity contribution is 5.96. The highest BCUT2D eigenvalue weighted by Gasteiger charge is 2.18. The molecule has 1 saturated heterocycles. The second-order valence-electron chi connectivity index (χ2n) is 8.17. The van der Waals surface area contributed by atoms with Crippen molar-refractivity contribution in [3.05, 3.63) is 53.7 Å². The van der Waals surface area contributed by atoms with Crippen molar-refractivity contribution >= 4 is 28.4 Å². The quantitative estimate of drug-likeness (QED) is 0.560. The van der Waals surface area contributed by atoms with Gasteiger partial charge >= 0.3 is 0 Å². The number of ether oxygens (including phenoxy) is 1. The van der Waals surface area contributed by atoms with Crippen LogP contribution >= 0.6 is 0 Å². The van der Waals surface area contributed by atoms with Crippen LogP contribution in [0.4, 0.5) is 11.6 Å². The molecule has 0 bridgehead atoms. The number of amides is 1.